The summed E-state index contributed by atoms with van der Waals surface area (Å²) in [6.45, 7) is 4.37. The first-order valence-electron chi connectivity index (χ1n) is 8.63. The molecule has 1 aliphatic heterocycles. The number of hydrogen-bond acceptors (Lipinski definition) is 6. The summed E-state index contributed by atoms with van der Waals surface area (Å²) in [7, 11) is -3.69. The summed E-state index contributed by atoms with van der Waals surface area (Å²) in [5, 5.41) is 3.73. The smallest absolute Gasteiger partial charge is 0.276 e. The number of carbonyl (C=O) groups is 2. The van der Waals surface area contributed by atoms with Crippen molar-refractivity contribution in [3.8, 4) is 0 Å². The Kier molecular flexibility index (Phi) is 5.43. The zero-order valence-corrected chi connectivity index (χ0v) is 16.0. The number of benzene rings is 1. The van der Waals surface area contributed by atoms with E-state index in [0.29, 0.717) is 30.8 Å². The Morgan fingerprint density at radius 1 is 1.07 bits per heavy atom. The number of ketones is 1. The topological polar surface area (TPSA) is 101 Å². The highest BCUT2D eigenvalue weighted by Gasteiger charge is 2.29. The molecule has 1 saturated heterocycles. The van der Waals surface area contributed by atoms with Gasteiger partial charge < -0.3 is 9.42 Å². The third kappa shape index (κ3) is 4.09. The van der Waals surface area contributed by atoms with Crippen molar-refractivity contribution in [1.82, 2.24) is 14.4 Å². The summed E-state index contributed by atoms with van der Waals surface area (Å²) in [5.41, 5.74) is 0.688. The fourth-order valence-electron chi connectivity index (χ4n) is 2.98. The predicted molar refractivity (Wildman–Crippen MR) is 97.0 cm³/mol. The second-order valence-electron chi connectivity index (χ2n) is 6.45. The molecule has 0 saturated carbocycles. The molecule has 2 heterocycles. The van der Waals surface area contributed by atoms with Gasteiger partial charge in [-0.05, 0) is 32.4 Å². The molecule has 1 fully saturated rings. The lowest BCUT2D eigenvalue weighted by Gasteiger charge is -2.21. The number of carbonyl (C=O) groups excluding carboxylic acids is 2. The average molecular weight is 391 g/mol. The van der Waals surface area contributed by atoms with Crippen molar-refractivity contribution in [2.24, 2.45) is 0 Å². The maximum atomic E-state index is 12.9. The molecule has 0 aliphatic carbocycles. The lowest BCUT2D eigenvalue weighted by molar-refractivity contribution is 0.0753. The van der Waals surface area contributed by atoms with Gasteiger partial charge in [0.05, 0.1) is 4.90 Å². The van der Waals surface area contributed by atoms with Gasteiger partial charge >= 0.3 is 0 Å². The standard InChI is InChI=1S/C18H21N3O5S/c1-13-12-17(19-26-13)18(23)20-8-3-9-21(11-10-20)27(24,25)16-6-4-15(5-7-16)14(2)22/h4-7,12H,3,8-11H2,1-2H3. The van der Waals surface area contributed by atoms with Crippen LogP contribution in [-0.4, -0.2) is 60.6 Å². The first-order valence-corrected chi connectivity index (χ1v) is 10.1. The van der Waals surface area contributed by atoms with Crippen LogP contribution in [0.1, 0.15) is 40.0 Å². The van der Waals surface area contributed by atoms with E-state index in [-0.39, 0.29) is 35.4 Å². The second kappa shape index (κ2) is 7.61. The molecule has 8 nitrogen and oxygen atoms in total. The molecule has 3 rings (SSSR count). The summed E-state index contributed by atoms with van der Waals surface area (Å²) in [6.07, 6.45) is 0.521. The van der Waals surface area contributed by atoms with Crippen LogP contribution in [0.4, 0.5) is 0 Å². The molecule has 9 heteroatoms. The normalized spacial score (nSPS) is 16.1. The largest absolute Gasteiger partial charge is 0.361 e. The molecule has 1 aliphatic rings. The van der Waals surface area contributed by atoms with E-state index in [0.717, 1.165) is 0 Å². The summed E-state index contributed by atoms with van der Waals surface area (Å²) in [4.78, 5) is 25.6. The highest BCUT2D eigenvalue weighted by Crippen LogP contribution is 2.19. The van der Waals surface area contributed by atoms with E-state index in [1.807, 2.05) is 0 Å². The first-order chi connectivity index (χ1) is 12.8. The average Bonchev–Trinajstić information content (AvgIpc) is 2.92. The van der Waals surface area contributed by atoms with Gasteiger partial charge in [-0.1, -0.05) is 17.3 Å². The molecule has 1 aromatic carbocycles. The number of sulfonamides is 1. The number of rotatable bonds is 4. The minimum Gasteiger partial charge on any atom is -0.361 e. The van der Waals surface area contributed by atoms with Gasteiger partial charge in [0.15, 0.2) is 11.5 Å². The maximum Gasteiger partial charge on any atom is 0.276 e. The van der Waals surface area contributed by atoms with E-state index in [1.165, 1.54) is 35.5 Å². The van der Waals surface area contributed by atoms with E-state index in [4.69, 9.17) is 4.52 Å². The van der Waals surface area contributed by atoms with Gasteiger partial charge in [0.1, 0.15) is 5.76 Å². The molecule has 144 valence electrons. The Hall–Kier alpha value is -2.52. The van der Waals surface area contributed by atoms with Gasteiger partial charge in [0, 0.05) is 37.8 Å². The van der Waals surface area contributed by atoms with Gasteiger partial charge in [0.25, 0.3) is 5.91 Å². The van der Waals surface area contributed by atoms with Crippen molar-refractivity contribution in [2.75, 3.05) is 26.2 Å². The highest BCUT2D eigenvalue weighted by atomic mass is 32.2. The summed E-state index contributed by atoms with van der Waals surface area (Å²) in [6, 6.07) is 7.47. The number of aromatic nitrogens is 1. The zero-order valence-electron chi connectivity index (χ0n) is 15.2. The molecule has 0 bridgehead atoms. The molecule has 1 aromatic heterocycles. The van der Waals surface area contributed by atoms with Gasteiger partial charge in [0.2, 0.25) is 10.0 Å². The van der Waals surface area contributed by atoms with Crippen LogP contribution in [0.2, 0.25) is 0 Å². The first kappa shape index (κ1) is 19.2. The Bertz CT molecular complexity index is 950. The van der Waals surface area contributed by atoms with Crippen molar-refractivity contribution in [2.45, 2.75) is 25.2 Å². The third-order valence-electron chi connectivity index (χ3n) is 4.49. The van der Waals surface area contributed by atoms with Crippen molar-refractivity contribution >= 4 is 21.7 Å². The third-order valence-corrected chi connectivity index (χ3v) is 6.40. The van der Waals surface area contributed by atoms with Gasteiger partial charge in [-0.3, -0.25) is 9.59 Å². The fourth-order valence-corrected chi connectivity index (χ4v) is 4.45. The molecule has 0 atom stereocenters. The lowest BCUT2D eigenvalue weighted by Crippen LogP contribution is -2.37. The molecule has 2 aromatic rings. The van der Waals surface area contributed by atoms with E-state index in [9.17, 15) is 18.0 Å². The summed E-state index contributed by atoms with van der Waals surface area (Å²) >= 11 is 0. The number of Topliss-reactive ketones (excluding diaryl/α,β-unsaturated/α-hetero) is 1. The molecule has 0 radical (unpaired) electrons. The Balaban J connectivity index is 1.73. The maximum absolute atomic E-state index is 12.9. The van der Waals surface area contributed by atoms with Crippen LogP contribution >= 0.6 is 0 Å². The highest BCUT2D eigenvalue weighted by molar-refractivity contribution is 7.89. The minimum absolute atomic E-state index is 0.119. The van der Waals surface area contributed by atoms with E-state index < -0.39 is 10.0 Å². The Morgan fingerprint density at radius 3 is 2.37 bits per heavy atom. The molecular formula is C18H21N3O5S. The van der Waals surface area contributed by atoms with Crippen molar-refractivity contribution in [3.05, 3.63) is 47.3 Å². The van der Waals surface area contributed by atoms with Crippen LogP contribution in [0, 0.1) is 6.92 Å². The molecule has 0 spiro atoms. The molecule has 0 unspecified atom stereocenters. The molecule has 0 N–H and O–H groups in total. The van der Waals surface area contributed by atoms with Crippen LogP contribution in [0.25, 0.3) is 0 Å². The Labute approximate surface area is 157 Å². The molecule has 1 amide bonds. The fraction of sp³-hybridized carbons (Fsp3) is 0.389. The van der Waals surface area contributed by atoms with Gasteiger partial charge in [-0.25, -0.2) is 8.42 Å². The van der Waals surface area contributed by atoms with E-state index in [1.54, 1.807) is 17.9 Å². The quantitative estimate of drug-likeness (QED) is 0.736. The van der Waals surface area contributed by atoms with Crippen LogP contribution in [0.3, 0.4) is 0 Å². The van der Waals surface area contributed by atoms with E-state index in [2.05, 4.69) is 5.16 Å². The summed E-state index contributed by atoms with van der Waals surface area (Å²) < 4.78 is 32.1. The monoisotopic (exact) mass is 391 g/mol. The van der Waals surface area contributed by atoms with Gasteiger partial charge in [-0.15, -0.1) is 0 Å². The number of nitrogens with zero attached hydrogens (tertiary/aromatic N) is 3. The van der Waals surface area contributed by atoms with Crippen LogP contribution in [0.5, 0.6) is 0 Å². The van der Waals surface area contributed by atoms with Crippen molar-refractivity contribution in [3.63, 3.8) is 0 Å². The van der Waals surface area contributed by atoms with Crippen LogP contribution < -0.4 is 0 Å². The number of hydrogen-bond donors (Lipinski definition) is 0. The number of aryl methyl sites for hydroxylation is 1. The van der Waals surface area contributed by atoms with Crippen LogP contribution in [-0.2, 0) is 10.0 Å². The molecular weight excluding hydrogens is 370 g/mol. The minimum atomic E-state index is -3.69. The van der Waals surface area contributed by atoms with Crippen molar-refractivity contribution in [1.29, 1.82) is 0 Å². The lowest BCUT2D eigenvalue weighted by atomic mass is 10.2. The van der Waals surface area contributed by atoms with E-state index >= 15 is 0 Å². The zero-order chi connectivity index (χ0) is 19.6. The predicted octanol–water partition coefficient (Wildman–Crippen LogP) is 1.72. The molecule has 27 heavy (non-hydrogen) atoms. The number of amides is 1. The van der Waals surface area contributed by atoms with Crippen molar-refractivity contribution < 1.29 is 22.5 Å². The SMILES string of the molecule is CC(=O)c1ccc(S(=O)(=O)N2CCCN(C(=O)c3cc(C)on3)CC2)cc1. The Morgan fingerprint density at radius 2 is 1.78 bits per heavy atom. The second-order valence-corrected chi connectivity index (χ2v) is 8.39. The van der Waals surface area contributed by atoms with Crippen LogP contribution in [0.15, 0.2) is 39.8 Å². The van der Waals surface area contributed by atoms with Gasteiger partial charge in [-0.2, -0.15) is 4.31 Å². The summed E-state index contributed by atoms with van der Waals surface area (Å²) in [5.74, 6) is 0.161.